The standard InChI is InChI=1S/C20H19ClN6O/c1-11(22)15(6-3-13-4-8-18(24)26-10-13)19(27-12(2)23)14-5-7-16(20(25)28)17(21)9-14/h4-5,7-10H,2,22-23H2,1H3,(H2,24,26)(H2,25,28)/b15-11-,27-19-. The Kier molecular flexibility index (Phi) is 6.42. The summed E-state index contributed by atoms with van der Waals surface area (Å²) in [6, 6.07) is 8.04. The highest BCUT2D eigenvalue weighted by Gasteiger charge is 2.15. The molecule has 1 aromatic heterocycles. The number of aliphatic imine (C=N–C) groups is 1. The van der Waals surface area contributed by atoms with Crippen LogP contribution in [0.4, 0.5) is 5.82 Å². The van der Waals surface area contributed by atoms with Crippen LogP contribution in [0.3, 0.4) is 0 Å². The molecule has 0 saturated heterocycles. The Balaban J connectivity index is 2.58. The van der Waals surface area contributed by atoms with Crippen molar-refractivity contribution in [3.8, 4) is 11.8 Å². The molecule has 0 spiro atoms. The molecule has 0 bridgehead atoms. The zero-order chi connectivity index (χ0) is 20.8. The number of halogens is 1. The number of aromatic nitrogens is 1. The van der Waals surface area contributed by atoms with Gasteiger partial charge in [-0.25, -0.2) is 9.98 Å². The number of hydrogen-bond acceptors (Lipinski definition) is 6. The van der Waals surface area contributed by atoms with Crippen LogP contribution in [0.15, 0.2) is 65.2 Å². The minimum Gasteiger partial charge on any atom is -0.401 e. The van der Waals surface area contributed by atoms with E-state index in [4.69, 9.17) is 34.5 Å². The van der Waals surface area contributed by atoms with Gasteiger partial charge in [0.1, 0.15) is 11.6 Å². The molecule has 28 heavy (non-hydrogen) atoms. The van der Waals surface area contributed by atoms with Gasteiger partial charge in [-0.15, -0.1) is 0 Å². The Bertz CT molecular complexity index is 1050. The highest BCUT2D eigenvalue weighted by atomic mass is 35.5. The second kappa shape index (κ2) is 8.75. The largest absolute Gasteiger partial charge is 0.401 e. The third kappa shape index (κ3) is 5.13. The Hall–Kier alpha value is -3.76. The van der Waals surface area contributed by atoms with Crippen LogP contribution in [-0.2, 0) is 0 Å². The summed E-state index contributed by atoms with van der Waals surface area (Å²) in [7, 11) is 0. The lowest BCUT2D eigenvalue weighted by Crippen LogP contribution is -2.14. The number of allylic oxidation sites excluding steroid dienone is 2. The molecule has 1 heterocycles. The number of carbonyl (C=O) groups excluding carboxylic acids is 1. The molecular formula is C20H19ClN6O. The lowest BCUT2D eigenvalue weighted by molar-refractivity contribution is 0.100. The van der Waals surface area contributed by atoms with Gasteiger partial charge in [-0.2, -0.15) is 0 Å². The van der Waals surface area contributed by atoms with E-state index in [1.54, 1.807) is 37.4 Å². The number of carbonyl (C=O) groups is 1. The van der Waals surface area contributed by atoms with E-state index < -0.39 is 5.91 Å². The molecule has 2 aromatic rings. The lowest BCUT2D eigenvalue weighted by Gasteiger charge is -2.10. The summed E-state index contributed by atoms with van der Waals surface area (Å²) in [5, 5.41) is 0.171. The first-order valence-electron chi connectivity index (χ1n) is 8.02. The summed E-state index contributed by atoms with van der Waals surface area (Å²) in [5.41, 5.74) is 25.2. The highest BCUT2D eigenvalue weighted by molar-refractivity contribution is 6.34. The van der Waals surface area contributed by atoms with Crippen LogP contribution in [-0.4, -0.2) is 16.6 Å². The summed E-state index contributed by atoms with van der Waals surface area (Å²) in [5.74, 6) is 5.74. The Morgan fingerprint density at radius 1 is 1.21 bits per heavy atom. The van der Waals surface area contributed by atoms with Crippen molar-refractivity contribution in [3.63, 3.8) is 0 Å². The van der Waals surface area contributed by atoms with E-state index in [-0.39, 0.29) is 16.4 Å². The molecule has 7 nitrogen and oxygen atoms in total. The molecule has 0 unspecified atom stereocenters. The normalized spacial score (nSPS) is 11.9. The van der Waals surface area contributed by atoms with E-state index in [0.717, 1.165) is 0 Å². The molecule has 0 aliphatic carbocycles. The molecule has 0 radical (unpaired) electrons. The minimum atomic E-state index is -0.639. The van der Waals surface area contributed by atoms with Crippen LogP contribution in [0.25, 0.3) is 0 Å². The fourth-order valence-electron chi connectivity index (χ4n) is 2.23. The van der Waals surface area contributed by atoms with Crippen LogP contribution in [0.2, 0.25) is 5.02 Å². The summed E-state index contributed by atoms with van der Waals surface area (Å²) >= 11 is 6.16. The van der Waals surface area contributed by atoms with Gasteiger partial charge in [0.05, 0.1) is 21.9 Å². The maximum Gasteiger partial charge on any atom is 0.250 e. The fourth-order valence-corrected chi connectivity index (χ4v) is 2.50. The minimum absolute atomic E-state index is 0.0554. The first-order valence-corrected chi connectivity index (χ1v) is 8.40. The van der Waals surface area contributed by atoms with Gasteiger partial charge in [-0.1, -0.05) is 36.1 Å². The molecular weight excluding hydrogens is 376 g/mol. The molecule has 8 heteroatoms. The highest BCUT2D eigenvalue weighted by Crippen LogP contribution is 2.21. The summed E-state index contributed by atoms with van der Waals surface area (Å²) in [4.78, 5) is 19.7. The van der Waals surface area contributed by atoms with Gasteiger partial charge in [0.15, 0.2) is 0 Å². The van der Waals surface area contributed by atoms with Gasteiger partial charge < -0.3 is 22.9 Å². The average molecular weight is 395 g/mol. The van der Waals surface area contributed by atoms with Crippen molar-refractivity contribution in [2.45, 2.75) is 6.92 Å². The molecule has 1 aromatic carbocycles. The van der Waals surface area contributed by atoms with Crippen molar-refractivity contribution < 1.29 is 4.79 Å². The predicted octanol–water partition coefficient (Wildman–Crippen LogP) is 1.92. The third-order valence-corrected chi connectivity index (χ3v) is 3.83. The predicted molar refractivity (Wildman–Crippen MR) is 112 cm³/mol. The van der Waals surface area contributed by atoms with Crippen LogP contribution in [0.5, 0.6) is 0 Å². The van der Waals surface area contributed by atoms with Gasteiger partial charge >= 0.3 is 0 Å². The number of rotatable bonds is 4. The van der Waals surface area contributed by atoms with Crippen LogP contribution >= 0.6 is 11.6 Å². The molecule has 0 atom stereocenters. The molecule has 2 rings (SSSR count). The molecule has 0 aliphatic heterocycles. The molecule has 1 amide bonds. The van der Waals surface area contributed by atoms with Crippen molar-refractivity contribution in [1.82, 2.24) is 4.98 Å². The fraction of sp³-hybridized carbons (Fsp3) is 0.0500. The van der Waals surface area contributed by atoms with Gasteiger partial charge in [-0.3, -0.25) is 4.79 Å². The maximum absolute atomic E-state index is 11.4. The molecule has 8 N–H and O–H groups in total. The van der Waals surface area contributed by atoms with Crippen molar-refractivity contribution in [2.24, 2.45) is 22.2 Å². The second-order valence-corrected chi connectivity index (χ2v) is 6.20. The monoisotopic (exact) mass is 394 g/mol. The molecule has 0 fully saturated rings. The lowest BCUT2D eigenvalue weighted by atomic mass is 9.99. The van der Waals surface area contributed by atoms with Gasteiger partial charge in [0.2, 0.25) is 5.91 Å². The first-order chi connectivity index (χ1) is 13.2. The van der Waals surface area contributed by atoms with E-state index >= 15 is 0 Å². The van der Waals surface area contributed by atoms with E-state index in [9.17, 15) is 4.79 Å². The van der Waals surface area contributed by atoms with Crippen LogP contribution < -0.4 is 22.9 Å². The average Bonchev–Trinajstić information content (AvgIpc) is 2.61. The summed E-state index contributed by atoms with van der Waals surface area (Å²) in [6.07, 6.45) is 1.54. The van der Waals surface area contributed by atoms with E-state index in [1.807, 2.05) is 0 Å². The maximum atomic E-state index is 11.4. The Labute approximate surface area is 167 Å². The van der Waals surface area contributed by atoms with Crippen molar-refractivity contribution in [3.05, 3.63) is 81.9 Å². The number of nitrogens with zero attached hydrogens (tertiary/aromatic N) is 2. The van der Waals surface area contributed by atoms with Crippen molar-refractivity contribution in [2.75, 3.05) is 5.73 Å². The second-order valence-electron chi connectivity index (χ2n) is 5.79. The summed E-state index contributed by atoms with van der Waals surface area (Å²) < 4.78 is 0. The number of amides is 1. The quantitative estimate of drug-likeness (QED) is 0.462. The van der Waals surface area contributed by atoms with Gasteiger partial charge in [0, 0.05) is 23.0 Å². The van der Waals surface area contributed by atoms with Crippen molar-refractivity contribution in [1.29, 1.82) is 0 Å². The van der Waals surface area contributed by atoms with E-state index in [0.29, 0.717) is 33.9 Å². The molecule has 0 aliphatic rings. The smallest absolute Gasteiger partial charge is 0.250 e. The zero-order valence-electron chi connectivity index (χ0n) is 15.2. The van der Waals surface area contributed by atoms with E-state index in [2.05, 4.69) is 28.4 Å². The SMILES string of the molecule is C=C(N)/N=C(\C(C#Cc1ccc(N)nc1)=C(\C)N)c1ccc(C(N)=O)c(Cl)c1. The number of nitrogen functional groups attached to an aromatic ring is 1. The number of primary amides is 1. The topological polar surface area (TPSA) is 146 Å². The van der Waals surface area contributed by atoms with Crippen LogP contribution in [0, 0.1) is 11.8 Å². The van der Waals surface area contributed by atoms with Crippen LogP contribution in [0.1, 0.15) is 28.4 Å². The number of benzene rings is 1. The Morgan fingerprint density at radius 2 is 1.93 bits per heavy atom. The Morgan fingerprint density at radius 3 is 2.43 bits per heavy atom. The molecule has 142 valence electrons. The summed E-state index contributed by atoms with van der Waals surface area (Å²) in [6.45, 7) is 5.29. The number of nitrogens with two attached hydrogens (primary N) is 4. The third-order valence-electron chi connectivity index (χ3n) is 3.51. The van der Waals surface area contributed by atoms with E-state index in [1.165, 1.54) is 6.07 Å². The number of anilines is 1. The van der Waals surface area contributed by atoms with Crippen molar-refractivity contribution >= 4 is 29.0 Å². The zero-order valence-corrected chi connectivity index (χ0v) is 15.9. The number of hydrogen-bond donors (Lipinski definition) is 4. The number of pyridine rings is 1. The molecule has 0 saturated carbocycles. The van der Waals surface area contributed by atoms with Gasteiger partial charge in [0.25, 0.3) is 0 Å². The first kappa shape index (κ1) is 20.6. The van der Waals surface area contributed by atoms with Gasteiger partial charge in [-0.05, 0) is 31.2 Å².